The topological polar surface area (TPSA) is 61.3 Å². The molecule has 10 heteroatoms. The molecule has 0 N–H and O–H groups in total. The van der Waals surface area contributed by atoms with Gasteiger partial charge in [0, 0.05) is 30.1 Å². The van der Waals surface area contributed by atoms with Crippen LogP contribution in [0.4, 0.5) is 17.6 Å². The van der Waals surface area contributed by atoms with Crippen LogP contribution in [0.15, 0.2) is 73.2 Å². The van der Waals surface area contributed by atoms with Crippen LogP contribution in [0.1, 0.15) is 49.8 Å². The molecule has 0 bridgehead atoms. The number of hydrogen-bond donors (Lipinski definition) is 0. The molecule has 0 amide bonds. The molecule has 0 fully saturated rings. The number of aryl methyl sites for hydroxylation is 1. The number of ketones is 1. The zero-order valence-electron chi connectivity index (χ0n) is 19.6. The van der Waals surface area contributed by atoms with Crippen molar-refractivity contribution in [1.29, 1.82) is 0 Å². The molecule has 0 radical (unpaired) electrons. The number of halogens is 4. The van der Waals surface area contributed by atoms with Gasteiger partial charge in [-0.2, -0.15) is 17.6 Å². The van der Waals surface area contributed by atoms with Crippen molar-refractivity contribution in [2.75, 3.05) is 0 Å². The summed E-state index contributed by atoms with van der Waals surface area (Å²) in [6.07, 6.45) is 5.82. The van der Waals surface area contributed by atoms with E-state index in [4.69, 9.17) is 0 Å². The average Bonchev–Trinajstić information content (AvgIpc) is 3.38. The molecule has 4 rings (SSSR count). The van der Waals surface area contributed by atoms with Gasteiger partial charge in [-0.3, -0.25) is 9.78 Å². The first-order valence-corrected chi connectivity index (χ1v) is 12.2. The van der Waals surface area contributed by atoms with Crippen molar-refractivity contribution in [3.05, 3.63) is 105 Å². The Labute approximate surface area is 214 Å². The van der Waals surface area contributed by atoms with Crippen molar-refractivity contribution in [2.24, 2.45) is 0 Å². The maximum absolute atomic E-state index is 13.3. The molecule has 192 valence electrons. The molecule has 37 heavy (non-hydrogen) atoms. The largest absolute Gasteiger partial charge is 0.431 e. The lowest BCUT2D eigenvalue weighted by molar-refractivity contribution is -0.0692. The molecular weight excluding hydrogens is 508 g/mol. The van der Waals surface area contributed by atoms with Crippen molar-refractivity contribution in [1.82, 2.24) is 9.97 Å². The third kappa shape index (κ3) is 6.51. The van der Waals surface area contributed by atoms with Crippen molar-refractivity contribution >= 4 is 17.1 Å². The molecular formula is C27H22F4N2O3S. The monoisotopic (exact) mass is 530 g/mol. The minimum Gasteiger partial charge on any atom is -0.431 e. The highest BCUT2D eigenvalue weighted by molar-refractivity contribution is 7.14. The van der Waals surface area contributed by atoms with Crippen molar-refractivity contribution < 1.29 is 31.8 Å². The zero-order chi connectivity index (χ0) is 26.4. The van der Waals surface area contributed by atoms with E-state index in [0.717, 1.165) is 17.2 Å². The van der Waals surface area contributed by atoms with E-state index in [1.54, 1.807) is 36.7 Å². The Balaban J connectivity index is 1.74. The Kier molecular flexibility index (Phi) is 8.50. The lowest BCUT2D eigenvalue weighted by atomic mass is 9.92. The SMILES string of the molecule is CCc1ccccc1C(=O)c1cnc(C(Cc2ccncc2)c2ccc(OC(F)F)c(OC(F)F)c2)s1. The minimum absolute atomic E-state index is 0.161. The normalized spacial score (nSPS) is 12.1. The highest BCUT2D eigenvalue weighted by Crippen LogP contribution is 2.38. The number of alkyl halides is 4. The smallest absolute Gasteiger partial charge is 0.387 e. The van der Waals surface area contributed by atoms with Crippen molar-refractivity contribution in [3.63, 3.8) is 0 Å². The summed E-state index contributed by atoms with van der Waals surface area (Å²) in [4.78, 5) is 22.2. The van der Waals surface area contributed by atoms with Gasteiger partial charge in [-0.1, -0.05) is 37.3 Å². The molecule has 1 atom stereocenters. The summed E-state index contributed by atoms with van der Waals surface area (Å²) in [6, 6.07) is 14.8. The van der Waals surface area contributed by atoms with E-state index in [-0.39, 0.29) is 5.78 Å². The van der Waals surface area contributed by atoms with Gasteiger partial charge < -0.3 is 9.47 Å². The fourth-order valence-electron chi connectivity index (χ4n) is 3.96. The summed E-state index contributed by atoms with van der Waals surface area (Å²) in [7, 11) is 0. The van der Waals surface area contributed by atoms with E-state index >= 15 is 0 Å². The summed E-state index contributed by atoms with van der Waals surface area (Å²) in [6.45, 7) is -4.48. The summed E-state index contributed by atoms with van der Waals surface area (Å²) >= 11 is 1.20. The van der Waals surface area contributed by atoms with E-state index in [9.17, 15) is 22.4 Å². The van der Waals surface area contributed by atoms with Gasteiger partial charge >= 0.3 is 13.2 Å². The second kappa shape index (κ2) is 12.0. The molecule has 1 unspecified atom stereocenters. The van der Waals surface area contributed by atoms with E-state index in [0.29, 0.717) is 33.9 Å². The van der Waals surface area contributed by atoms with Gasteiger partial charge in [-0.05, 0) is 53.8 Å². The Morgan fingerprint density at radius 3 is 2.35 bits per heavy atom. The lowest BCUT2D eigenvalue weighted by Crippen LogP contribution is -2.10. The highest BCUT2D eigenvalue weighted by atomic mass is 32.1. The van der Waals surface area contributed by atoms with Crippen LogP contribution in [0.2, 0.25) is 0 Å². The second-order valence-corrected chi connectivity index (χ2v) is 9.04. The molecule has 0 saturated heterocycles. The molecule has 0 spiro atoms. The second-order valence-electron chi connectivity index (χ2n) is 7.98. The van der Waals surface area contributed by atoms with Gasteiger partial charge in [0.2, 0.25) is 5.78 Å². The average molecular weight is 531 g/mol. The zero-order valence-corrected chi connectivity index (χ0v) is 20.4. The van der Waals surface area contributed by atoms with E-state index in [1.165, 1.54) is 29.7 Å². The number of aromatic nitrogens is 2. The van der Waals surface area contributed by atoms with Crippen LogP contribution < -0.4 is 9.47 Å². The molecule has 0 saturated carbocycles. The van der Waals surface area contributed by atoms with Gasteiger partial charge in [0.25, 0.3) is 0 Å². The summed E-state index contributed by atoms with van der Waals surface area (Å²) in [5, 5.41) is 0.555. The predicted octanol–water partition coefficient (Wildman–Crippen LogP) is 6.91. The number of carbonyl (C=O) groups excluding carboxylic acids is 1. The van der Waals surface area contributed by atoms with Gasteiger partial charge in [0.1, 0.15) is 5.01 Å². The van der Waals surface area contributed by atoms with Gasteiger partial charge in [0.05, 0.1) is 4.88 Å². The molecule has 0 aliphatic carbocycles. The predicted molar refractivity (Wildman–Crippen MR) is 131 cm³/mol. The molecule has 5 nitrogen and oxygen atoms in total. The van der Waals surface area contributed by atoms with E-state index < -0.39 is 30.6 Å². The number of carbonyl (C=O) groups is 1. The number of hydrogen-bond acceptors (Lipinski definition) is 6. The van der Waals surface area contributed by atoms with Crippen LogP contribution in [-0.2, 0) is 12.8 Å². The van der Waals surface area contributed by atoms with E-state index in [1.807, 2.05) is 19.1 Å². The molecule has 2 aromatic carbocycles. The summed E-state index contributed by atoms with van der Waals surface area (Å²) in [5.74, 6) is -1.67. The summed E-state index contributed by atoms with van der Waals surface area (Å²) < 4.78 is 60.5. The number of thiazole rings is 1. The number of benzene rings is 2. The fourth-order valence-corrected chi connectivity index (χ4v) is 4.96. The van der Waals surface area contributed by atoms with E-state index in [2.05, 4.69) is 19.4 Å². The Hall–Kier alpha value is -3.79. The highest BCUT2D eigenvalue weighted by Gasteiger charge is 2.24. The third-order valence-corrected chi connectivity index (χ3v) is 6.79. The van der Waals surface area contributed by atoms with Crippen LogP contribution in [0.25, 0.3) is 0 Å². The first kappa shape index (κ1) is 26.3. The summed E-state index contributed by atoms with van der Waals surface area (Å²) in [5.41, 5.74) is 2.87. The van der Waals surface area contributed by atoms with Crippen molar-refractivity contribution in [3.8, 4) is 11.5 Å². The van der Waals surface area contributed by atoms with Gasteiger partial charge in [-0.15, -0.1) is 11.3 Å². The number of ether oxygens (including phenoxy) is 2. The molecule has 0 aliphatic heterocycles. The minimum atomic E-state index is -3.24. The lowest BCUT2D eigenvalue weighted by Gasteiger charge is -2.18. The third-order valence-electron chi connectivity index (χ3n) is 5.68. The number of pyridine rings is 1. The Morgan fingerprint density at radius 2 is 1.65 bits per heavy atom. The Morgan fingerprint density at radius 1 is 0.946 bits per heavy atom. The molecule has 2 aromatic heterocycles. The maximum atomic E-state index is 13.3. The Bertz CT molecular complexity index is 1350. The van der Waals surface area contributed by atoms with Crippen LogP contribution in [-0.4, -0.2) is 29.0 Å². The molecule has 0 aliphatic rings. The fraction of sp³-hybridized carbons (Fsp3) is 0.222. The number of rotatable bonds is 11. The van der Waals surface area contributed by atoms with Crippen LogP contribution in [0, 0.1) is 0 Å². The first-order chi connectivity index (χ1) is 17.9. The quantitative estimate of drug-likeness (QED) is 0.156. The van der Waals surface area contributed by atoms with Gasteiger partial charge in [-0.25, -0.2) is 4.98 Å². The maximum Gasteiger partial charge on any atom is 0.387 e. The standard InChI is InChI=1S/C27H22F4N2O3S/c1-2-17-5-3-4-6-19(17)24(34)23-15-33-25(37-23)20(13-16-9-11-32-12-10-16)18-7-8-21(35-26(28)29)22(14-18)36-27(30)31/h3-12,14-15,20,26-27H,2,13H2,1H3. The molecule has 4 aromatic rings. The van der Waals surface area contributed by atoms with Gasteiger partial charge in [0.15, 0.2) is 11.5 Å². The first-order valence-electron chi connectivity index (χ1n) is 11.4. The number of nitrogens with zero attached hydrogens (tertiary/aromatic N) is 2. The van der Waals surface area contributed by atoms with Crippen LogP contribution >= 0.6 is 11.3 Å². The van der Waals surface area contributed by atoms with Crippen molar-refractivity contribution in [2.45, 2.75) is 38.9 Å². The van der Waals surface area contributed by atoms with Crippen LogP contribution in [0.5, 0.6) is 11.5 Å². The molecule has 2 heterocycles. The van der Waals surface area contributed by atoms with Crippen LogP contribution in [0.3, 0.4) is 0 Å².